The van der Waals surface area contributed by atoms with E-state index >= 15 is 0 Å². The summed E-state index contributed by atoms with van der Waals surface area (Å²) in [4.78, 5) is 24.0. The molecule has 0 atom stereocenters. The van der Waals surface area contributed by atoms with Crippen LogP contribution < -0.4 is 5.48 Å². The number of non-ortho nitro benzene ring substituents is 1. The molecule has 0 unspecified atom stereocenters. The number of nitrogens with zero attached hydrogens (tertiary/aromatic N) is 2. The fraction of sp³-hybridized carbons (Fsp3) is 0.143. The summed E-state index contributed by atoms with van der Waals surface area (Å²) >= 11 is 0. The van der Waals surface area contributed by atoms with Gasteiger partial charge in [-0.15, -0.1) is 0 Å². The third-order valence-corrected chi connectivity index (χ3v) is 1.60. The van der Waals surface area contributed by atoms with Gasteiger partial charge in [-0.1, -0.05) is 0 Å². The van der Waals surface area contributed by atoms with Crippen LogP contribution in [0.5, 0.6) is 0 Å². The van der Waals surface area contributed by atoms with Crippen LogP contribution in [0.25, 0.3) is 0 Å². The van der Waals surface area contributed by atoms with Crippen molar-refractivity contribution in [1.29, 1.82) is 0 Å². The highest BCUT2D eigenvalue weighted by atomic mass is 16.6. The van der Waals surface area contributed by atoms with Crippen molar-refractivity contribution in [3.05, 3.63) is 38.4 Å². The van der Waals surface area contributed by atoms with E-state index < -0.39 is 15.5 Å². The summed E-state index contributed by atoms with van der Waals surface area (Å²) in [6, 6.07) is 3.22. The largest absolute Gasteiger partial charge is 0.301 e. The molecule has 15 heavy (non-hydrogen) atoms. The summed E-state index contributed by atoms with van der Waals surface area (Å²) in [5.74, 6) is 0. The maximum Gasteiger partial charge on any atom is 0.301 e. The lowest BCUT2D eigenvalue weighted by atomic mass is 10.2. The maximum absolute atomic E-state index is 10.6. The smallest absolute Gasteiger partial charge is 0.279 e. The Bertz CT molecular complexity index is 406. The first kappa shape index (κ1) is 10.9. The molecule has 80 valence electrons. The molecule has 1 N–H and O–H groups in total. The lowest BCUT2D eigenvalue weighted by molar-refractivity contribution is -0.393. The van der Waals surface area contributed by atoms with Crippen molar-refractivity contribution in [2.24, 2.45) is 0 Å². The summed E-state index contributed by atoms with van der Waals surface area (Å²) in [7, 11) is 1.28. The monoisotopic (exact) mass is 213 g/mol. The summed E-state index contributed by atoms with van der Waals surface area (Å²) < 4.78 is 0. The molecule has 0 spiro atoms. The van der Waals surface area contributed by atoms with E-state index in [9.17, 15) is 20.2 Å². The normalized spacial score (nSPS) is 9.67. The van der Waals surface area contributed by atoms with Crippen LogP contribution in [-0.2, 0) is 4.84 Å². The molecule has 1 rings (SSSR count). The first-order chi connectivity index (χ1) is 7.06. The fourth-order valence-electron chi connectivity index (χ4n) is 0.981. The van der Waals surface area contributed by atoms with Gasteiger partial charge in [0.05, 0.1) is 23.0 Å². The lowest BCUT2D eigenvalue weighted by Crippen LogP contribution is -2.01. The number of hydrogen-bond acceptors (Lipinski definition) is 6. The first-order valence-electron chi connectivity index (χ1n) is 3.78. The van der Waals surface area contributed by atoms with Gasteiger partial charge >= 0.3 is 5.69 Å². The second-order valence-corrected chi connectivity index (χ2v) is 2.52. The van der Waals surface area contributed by atoms with E-state index in [0.717, 1.165) is 12.1 Å². The molecule has 0 saturated heterocycles. The van der Waals surface area contributed by atoms with Crippen molar-refractivity contribution in [1.82, 2.24) is 0 Å². The van der Waals surface area contributed by atoms with Crippen molar-refractivity contribution in [3.63, 3.8) is 0 Å². The number of rotatable bonds is 4. The molecule has 0 bridgehead atoms. The SMILES string of the molecule is CONc1ccc([N+](=O)[O-])cc1[N+](=O)[O-]. The van der Waals surface area contributed by atoms with Gasteiger partial charge in [-0.25, -0.2) is 0 Å². The van der Waals surface area contributed by atoms with Gasteiger partial charge < -0.3 is 0 Å². The number of nitro benzene ring substituents is 2. The van der Waals surface area contributed by atoms with E-state index in [0.29, 0.717) is 0 Å². The van der Waals surface area contributed by atoms with Crippen LogP contribution >= 0.6 is 0 Å². The Hall–Kier alpha value is -2.22. The Balaban J connectivity index is 3.20. The van der Waals surface area contributed by atoms with Crippen LogP contribution in [0.4, 0.5) is 17.1 Å². The number of nitro groups is 2. The van der Waals surface area contributed by atoms with Crippen molar-refractivity contribution in [2.45, 2.75) is 0 Å². The average molecular weight is 213 g/mol. The van der Waals surface area contributed by atoms with E-state index in [-0.39, 0.29) is 11.4 Å². The van der Waals surface area contributed by atoms with Gasteiger partial charge in [-0.2, -0.15) is 0 Å². The molecular weight excluding hydrogens is 206 g/mol. The highest BCUT2D eigenvalue weighted by Gasteiger charge is 2.19. The van der Waals surface area contributed by atoms with Crippen LogP contribution in [-0.4, -0.2) is 17.0 Å². The Morgan fingerprint density at radius 1 is 1.27 bits per heavy atom. The minimum Gasteiger partial charge on any atom is -0.279 e. The van der Waals surface area contributed by atoms with Gasteiger partial charge in [-0.05, 0) is 6.07 Å². The number of anilines is 1. The third-order valence-electron chi connectivity index (χ3n) is 1.60. The summed E-state index contributed by atoms with van der Waals surface area (Å²) in [5, 5.41) is 20.9. The fourth-order valence-corrected chi connectivity index (χ4v) is 0.981. The molecule has 0 radical (unpaired) electrons. The molecule has 0 aromatic heterocycles. The molecule has 0 amide bonds. The predicted molar refractivity (Wildman–Crippen MR) is 50.4 cm³/mol. The molecular formula is C7H7N3O5. The summed E-state index contributed by atoms with van der Waals surface area (Å²) in [6.07, 6.45) is 0. The molecule has 8 heteroatoms. The Morgan fingerprint density at radius 2 is 1.93 bits per heavy atom. The molecule has 8 nitrogen and oxygen atoms in total. The molecule has 0 heterocycles. The van der Waals surface area contributed by atoms with Crippen molar-refractivity contribution in [3.8, 4) is 0 Å². The second kappa shape index (κ2) is 4.33. The van der Waals surface area contributed by atoms with Gasteiger partial charge in [0.2, 0.25) is 0 Å². The lowest BCUT2D eigenvalue weighted by Gasteiger charge is -2.03. The molecule has 0 saturated carbocycles. The third kappa shape index (κ3) is 2.38. The molecule has 0 aliphatic carbocycles. The summed E-state index contributed by atoms with van der Waals surface area (Å²) in [6.45, 7) is 0. The van der Waals surface area contributed by atoms with Crippen molar-refractivity contribution in [2.75, 3.05) is 12.6 Å². The Morgan fingerprint density at radius 3 is 2.40 bits per heavy atom. The maximum atomic E-state index is 10.6. The quantitative estimate of drug-likeness (QED) is 0.599. The predicted octanol–water partition coefficient (Wildman–Crippen LogP) is 1.48. The van der Waals surface area contributed by atoms with E-state index in [4.69, 9.17) is 0 Å². The number of benzene rings is 1. The van der Waals surface area contributed by atoms with Gasteiger partial charge in [0.25, 0.3) is 5.69 Å². The summed E-state index contributed by atoms with van der Waals surface area (Å²) in [5.41, 5.74) is 1.57. The van der Waals surface area contributed by atoms with Crippen LogP contribution in [0.2, 0.25) is 0 Å². The zero-order chi connectivity index (χ0) is 11.4. The molecule has 1 aromatic rings. The first-order valence-corrected chi connectivity index (χ1v) is 3.78. The van der Waals surface area contributed by atoms with Gasteiger partial charge in [0, 0.05) is 6.07 Å². The molecule has 1 aromatic carbocycles. The minimum absolute atomic E-state index is 0.0631. The van der Waals surface area contributed by atoms with Crippen LogP contribution in [0.1, 0.15) is 0 Å². The second-order valence-electron chi connectivity index (χ2n) is 2.52. The molecule has 0 aliphatic rings. The average Bonchev–Trinajstić information content (AvgIpc) is 2.18. The van der Waals surface area contributed by atoms with E-state index in [1.807, 2.05) is 0 Å². The van der Waals surface area contributed by atoms with Gasteiger partial charge in [0.15, 0.2) is 0 Å². The highest BCUT2D eigenvalue weighted by molar-refractivity contribution is 5.64. The number of hydrogen-bond donors (Lipinski definition) is 1. The molecule has 0 fully saturated rings. The van der Waals surface area contributed by atoms with Crippen LogP contribution in [0, 0.1) is 20.2 Å². The minimum atomic E-state index is -0.728. The Labute approximate surface area is 83.7 Å². The van der Waals surface area contributed by atoms with Crippen molar-refractivity contribution >= 4 is 17.1 Å². The van der Waals surface area contributed by atoms with E-state index in [1.165, 1.54) is 13.2 Å². The molecule has 0 aliphatic heterocycles. The standard InChI is InChI=1S/C7H7N3O5/c1-15-8-6-3-2-5(9(11)12)4-7(6)10(13)14/h2-4,8H,1H3. The van der Waals surface area contributed by atoms with E-state index in [2.05, 4.69) is 10.3 Å². The Kier molecular flexibility index (Phi) is 3.13. The van der Waals surface area contributed by atoms with Crippen LogP contribution in [0.15, 0.2) is 18.2 Å². The van der Waals surface area contributed by atoms with E-state index in [1.54, 1.807) is 0 Å². The van der Waals surface area contributed by atoms with Gasteiger partial charge in [0.1, 0.15) is 5.69 Å². The topological polar surface area (TPSA) is 108 Å². The zero-order valence-corrected chi connectivity index (χ0v) is 7.67. The zero-order valence-electron chi connectivity index (χ0n) is 7.67. The van der Waals surface area contributed by atoms with Crippen molar-refractivity contribution < 1.29 is 14.7 Å². The van der Waals surface area contributed by atoms with Crippen LogP contribution in [0.3, 0.4) is 0 Å². The number of nitrogens with one attached hydrogen (secondary N) is 1. The highest BCUT2D eigenvalue weighted by Crippen LogP contribution is 2.28. The van der Waals surface area contributed by atoms with Gasteiger partial charge in [-0.3, -0.25) is 30.5 Å².